The van der Waals surface area contributed by atoms with Crippen LogP contribution >= 0.6 is 11.6 Å². The van der Waals surface area contributed by atoms with Gasteiger partial charge in [0.05, 0.1) is 17.3 Å². The van der Waals surface area contributed by atoms with Crippen LogP contribution in [0.3, 0.4) is 0 Å². The molecule has 2 atom stereocenters. The van der Waals surface area contributed by atoms with E-state index in [9.17, 15) is 4.55 Å². The summed E-state index contributed by atoms with van der Waals surface area (Å²) in [6.07, 6.45) is 1.68. The number of nitrogens with zero attached hydrogens (tertiary/aromatic N) is 2. The van der Waals surface area contributed by atoms with Crippen molar-refractivity contribution >= 4 is 33.9 Å². The van der Waals surface area contributed by atoms with E-state index in [1.54, 1.807) is 6.20 Å². The third kappa shape index (κ3) is 4.81. The van der Waals surface area contributed by atoms with E-state index in [-0.39, 0.29) is 10.8 Å². The van der Waals surface area contributed by atoms with Gasteiger partial charge in [-0.3, -0.25) is 0 Å². The minimum absolute atomic E-state index is 0.0351. The van der Waals surface area contributed by atoms with Crippen molar-refractivity contribution < 1.29 is 4.55 Å². The molecule has 4 aromatic rings. The summed E-state index contributed by atoms with van der Waals surface area (Å²) in [6, 6.07) is 22.3. The minimum Gasteiger partial charge on any atom is -0.598 e. The predicted octanol–water partition coefficient (Wildman–Crippen LogP) is 6.73. The highest BCUT2D eigenvalue weighted by Crippen LogP contribution is 2.35. The van der Waals surface area contributed by atoms with Crippen molar-refractivity contribution in [3.05, 3.63) is 83.6 Å². The van der Waals surface area contributed by atoms with Crippen LogP contribution in [0, 0.1) is 0 Å². The maximum absolute atomic E-state index is 12.5. The Morgan fingerprint density at radius 2 is 1.66 bits per heavy atom. The van der Waals surface area contributed by atoms with Crippen molar-refractivity contribution in [3.63, 3.8) is 0 Å². The molecule has 0 fully saturated rings. The van der Waals surface area contributed by atoms with Gasteiger partial charge in [0.15, 0.2) is 0 Å². The third-order valence-corrected chi connectivity index (χ3v) is 7.28. The molecule has 0 aliphatic heterocycles. The van der Waals surface area contributed by atoms with Gasteiger partial charge < -0.3 is 4.55 Å². The molecule has 4 nitrogen and oxygen atoms in total. The first-order chi connectivity index (χ1) is 15.2. The molecule has 0 saturated heterocycles. The van der Waals surface area contributed by atoms with Crippen molar-refractivity contribution in [3.8, 4) is 22.4 Å². The Morgan fingerprint density at radius 1 is 0.969 bits per heavy atom. The van der Waals surface area contributed by atoms with Crippen molar-refractivity contribution in [2.45, 2.75) is 38.5 Å². The smallest absolute Gasteiger partial charge is 0.138 e. The Balaban J connectivity index is 1.74. The molecule has 0 aliphatic rings. The summed E-state index contributed by atoms with van der Waals surface area (Å²) in [5.74, 6) is 0. The van der Waals surface area contributed by atoms with Gasteiger partial charge in [-0.05, 0) is 51.0 Å². The molecule has 2 aromatic carbocycles. The Hall–Kier alpha value is -2.44. The molecule has 0 radical (unpaired) electrons. The van der Waals surface area contributed by atoms with Crippen molar-refractivity contribution in [2.75, 3.05) is 0 Å². The summed E-state index contributed by atoms with van der Waals surface area (Å²) in [4.78, 5) is 9.16. The van der Waals surface area contributed by atoms with Crippen LogP contribution in [-0.4, -0.2) is 19.3 Å². The van der Waals surface area contributed by atoms with Crippen LogP contribution in [0.15, 0.2) is 72.9 Å². The second-order valence-electron chi connectivity index (χ2n) is 8.76. The quantitative estimate of drug-likeness (QED) is 0.263. The van der Waals surface area contributed by atoms with E-state index in [0.717, 1.165) is 38.9 Å². The van der Waals surface area contributed by atoms with Gasteiger partial charge >= 0.3 is 0 Å². The first kappa shape index (κ1) is 22.7. The van der Waals surface area contributed by atoms with Crippen LogP contribution in [-0.2, 0) is 11.4 Å². The highest BCUT2D eigenvalue weighted by Gasteiger charge is 2.28. The molecule has 0 amide bonds. The van der Waals surface area contributed by atoms with Gasteiger partial charge in [-0.1, -0.05) is 66.2 Å². The molecule has 4 rings (SSSR count). The molecule has 32 heavy (non-hydrogen) atoms. The SMILES string of the molecule is C[C@@H](N[S@+]([O-])C(C)(C)C)c1ccc(-c2nc3ccnc(Cl)c3cc2-c2ccccc2)cc1. The molecule has 0 unspecified atom stereocenters. The fourth-order valence-electron chi connectivity index (χ4n) is 3.46. The lowest BCUT2D eigenvalue weighted by Crippen LogP contribution is -2.40. The number of fused-ring (bicyclic) bond motifs is 1. The summed E-state index contributed by atoms with van der Waals surface area (Å²) in [5.41, 5.74) is 5.83. The molecule has 2 aromatic heterocycles. The Bertz CT molecular complexity index is 1220. The van der Waals surface area contributed by atoms with Gasteiger partial charge in [-0.2, -0.15) is 0 Å². The number of pyridine rings is 2. The lowest BCUT2D eigenvalue weighted by Gasteiger charge is -2.26. The Labute approximate surface area is 197 Å². The third-order valence-electron chi connectivity index (χ3n) is 5.30. The lowest BCUT2D eigenvalue weighted by atomic mass is 9.96. The van der Waals surface area contributed by atoms with E-state index in [1.807, 2.05) is 52.0 Å². The largest absolute Gasteiger partial charge is 0.598 e. The maximum atomic E-state index is 12.5. The molecular formula is C26H26ClN3OS. The van der Waals surface area contributed by atoms with E-state index in [0.29, 0.717) is 5.15 Å². The van der Waals surface area contributed by atoms with E-state index in [2.05, 4.69) is 52.2 Å². The summed E-state index contributed by atoms with van der Waals surface area (Å²) in [5, 5.41) is 1.27. The maximum Gasteiger partial charge on any atom is 0.138 e. The van der Waals surface area contributed by atoms with Gasteiger partial charge in [-0.15, -0.1) is 4.72 Å². The molecule has 2 heterocycles. The van der Waals surface area contributed by atoms with Gasteiger partial charge in [0, 0.05) is 34.1 Å². The molecule has 0 bridgehead atoms. The second kappa shape index (κ2) is 9.20. The van der Waals surface area contributed by atoms with Crippen LogP contribution in [0.5, 0.6) is 0 Å². The number of halogens is 1. The van der Waals surface area contributed by atoms with E-state index in [4.69, 9.17) is 16.6 Å². The van der Waals surface area contributed by atoms with Crippen molar-refractivity contribution in [1.29, 1.82) is 0 Å². The molecule has 0 aliphatic carbocycles. The zero-order chi connectivity index (χ0) is 22.9. The Morgan fingerprint density at radius 3 is 2.31 bits per heavy atom. The summed E-state index contributed by atoms with van der Waals surface area (Å²) in [7, 11) is 0. The molecule has 6 heteroatoms. The van der Waals surface area contributed by atoms with E-state index in [1.165, 1.54) is 0 Å². The predicted molar refractivity (Wildman–Crippen MR) is 135 cm³/mol. The lowest BCUT2D eigenvalue weighted by molar-refractivity contribution is 0.531. The molecule has 1 N–H and O–H groups in total. The second-order valence-corrected chi connectivity index (χ2v) is 11.1. The zero-order valence-corrected chi connectivity index (χ0v) is 20.2. The highest BCUT2D eigenvalue weighted by molar-refractivity contribution is 7.90. The van der Waals surface area contributed by atoms with Crippen molar-refractivity contribution in [2.24, 2.45) is 0 Å². The first-order valence-corrected chi connectivity index (χ1v) is 12.1. The van der Waals surface area contributed by atoms with Gasteiger partial charge in [0.2, 0.25) is 0 Å². The average molecular weight is 464 g/mol. The monoisotopic (exact) mass is 463 g/mol. The number of hydrogen-bond acceptors (Lipinski definition) is 4. The van der Waals surface area contributed by atoms with Gasteiger partial charge in [-0.25, -0.2) is 9.97 Å². The van der Waals surface area contributed by atoms with Crippen LogP contribution < -0.4 is 4.72 Å². The van der Waals surface area contributed by atoms with Crippen molar-refractivity contribution in [1.82, 2.24) is 14.7 Å². The number of hydrogen-bond donors (Lipinski definition) is 1. The molecule has 164 valence electrons. The highest BCUT2D eigenvalue weighted by atomic mass is 35.5. The summed E-state index contributed by atoms with van der Waals surface area (Å²) < 4.78 is 15.3. The number of benzene rings is 2. The molecule has 0 saturated carbocycles. The fraction of sp³-hybridized carbons (Fsp3) is 0.231. The van der Waals surface area contributed by atoms with Crippen LogP contribution in [0.2, 0.25) is 5.15 Å². The minimum atomic E-state index is -1.14. The Kier molecular flexibility index (Phi) is 6.54. The van der Waals surface area contributed by atoms with Crippen LogP contribution in [0.4, 0.5) is 0 Å². The average Bonchev–Trinajstić information content (AvgIpc) is 2.78. The standard InChI is InChI=1S/C26H26ClN3OS/c1-17(30-32(31)26(2,3)4)18-10-12-20(13-11-18)24-21(19-8-6-5-7-9-19)16-22-23(29-24)14-15-28-25(22)27/h5-17,30H,1-4H3/t17-,32-/m1/s1. The first-order valence-electron chi connectivity index (χ1n) is 10.5. The van der Waals surface area contributed by atoms with Gasteiger partial charge in [0.1, 0.15) is 9.90 Å². The summed E-state index contributed by atoms with van der Waals surface area (Å²) in [6.45, 7) is 7.91. The van der Waals surface area contributed by atoms with Gasteiger partial charge in [0.25, 0.3) is 0 Å². The van der Waals surface area contributed by atoms with E-state index >= 15 is 0 Å². The molecular weight excluding hydrogens is 438 g/mol. The summed E-state index contributed by atoms with van der Waals surface area (Å²) >= 11 is 5.22. The fourth-order valence-corrected chi connectivity index (χ4v) is 4.47. The van der Waals surface area contributed by atoms with E-state index < -0.39 is 11.4 Å². The topological polar surface area (TPSA) is 60.9 Å². The normalized spacial score (nSPS) is 13.8. The zero-order valence-electron chi connectivity index (χ0n) is 18.6. The number of rotatable bonds is 5. The number of aromatic nitrogens is 2. The van der Waals surface area contributed by atoms with Crippen LogP contribution in [0.25, 0.3) is 33.3 Å². The number of nitrogens with one attached hydrogen (secondary N) is 1. The molecule has 0 spiro atoms. The van der Waals surface area contributed by atoms with Crippen LogP contribution in [0.1, 0.15) is 39.3 Å².